The highest BCUT2D eigenvalue weighted by Gasteiger charge is 2.29. The number of thiophene rings is 1. The Morgan fingerprint density at radius 2 is 2.50 bits per heavy atom. The van der Waals surface area contributed by atoms with Crippen LogP contribution < -0.4 is 0 Å². The molecule has 1 aliphatic heterocycles. The number of likely N-dealkylation sites (tertiary alicyclic amines) is 1. The fraction of sp³-hybridized carbons (Fsp3) is 0.538. The molecule has 0 amide bonds. The van der Waals surface area contributed by atoms with Crippen LogP contribution in [0.5, 0.6) is 0 Å². The van der Waals surface area contributed by atoms with E-state index in [9.17, 15) is 0 Å². The predicted octanol–water partition coefficient (Wildman–Crippen LogP) is 2.82. The van der Waals surface area contributed by atoms with Crippen LogP contribution in [0.2, 0.25) is 0 Å². The highest BCUT2D eigenvalue weighted by atomic mass is 32.1. The summed E-state index contributed by atoms with van der Waals surface area (Å²) in [4.78, 5) is 8.30. The van der Waals surface area contributed by atoms with Crippen molar-refractivity contribution in [1.82, 2.24) is 15.0 Å². The Morgan fingerprint density at radius 3 is 3.22 bits per heavy atom. The molecule has 3 heterocycles. The maximum absolute atomic E-state index is 5.09. The molecule has 0 aliphatic carbocycles. The topological polar surface area (TPSA) is 42.2 Å². The van der Waals surface area contributed by atoms with Crippen molar-refractivity contribution in [3.63, 3.8) is 0 Å². The SMILES string of the molecule is Cc1nc([C@@H]2CCCN2CCc2cccs2)no1. The lowest BCUT2D eigenvalue weighted by Gasteiger charge is -2.21. The third-order valence-corrected chi connectivity index (χ3v) is 4.37. The molecule has 0 aromatic carbocycles. The summed E-state index contributed by atoms with van der Waals surface area (Å²) < 4.78 is 5.09. The molecule has 2 aromatic rings. The minimum absolute atomic E-state index is 0.349. The molecule has 5 heteroatoms. The minimum Gasteiger partial charge on any atom is -0.340 e. The fourth-order valence-electron chi connectivity index (χ4n) is 2.55. The van der Waals surface area contributed by atoms with Crippen LogP contribution in [-0.2, 0) is 6.42 Å². The van der Waals surface area contributed by atoms with Crippen LogP contribution in [0.1, 0.15) is 35.5 Å². The molecule has 3 rings (SSSR count). The van der Waals surface area contributed by atoms with E-state index in [2.05, 4.69) is 32.6 Å². The lowest BCUT2D eigenvalue weighted by Crippen LogP contribution is -2.26. The largest absolute Gasteiger partial charge is 0.340 e. The average molecular weight is 263 g/mol. The van der Waals surface area contributed by atoms with Gasteiger partial charge < -0.3 is 4.52 Å². The van der Waals surface area contributed by atoms with Crippen molar-refractivity contribution in [3.8, 4) is 0 Å². The number of aryl methyl sites for hydroxylation is 1. The van der Waals surface area contributed by atoms with Gasteiger partial charge in [-0.25, -0.2) is 0 Å². The second-order valence-corrected chi connectivity index (χ2v) is 5.73. The van der Waals surface area contributed by atoms with E-state index < -0.39 is 0 Å². The van der Waals surface area contributed by atoms with Gasteiger partial charge >= 0.3 is 0 Å². The van der Waals surface area contributed by atoms with Crippen LogP contribution in [0.15, 0.2) is 22.0 Å². The molecule has 1 atom stereocenters. The lowest BCUT2D eigenvalue weighted by atomic mass is 10.2. The van der Waals surface area contributed by atoms with E-state index >= 15 is 0 Å². The Hall–Kier alpha value is -1.20. The van der Waals surface area contributed by atoms with E-state index in [1.165, 1.54) is 11.3 Å². The van der Waals surface area contributed by atoms with E-state index in [0.717, 1.165) is 31.8 Å². The van der Waals surface area contributed by atoms with Crippen LogP contribution in [0.25, 0.3) is 0 Å². The van der Waals surface area contributed by atoms with Crippen LogP contribution >= 0.6 is 11.3 Å². The third kappa shape index (κ3) is 2.47. The van der Waals surface area contributed by atoms with Crippen LogP contribution in [-0.4, -0.2) is 28.1 Å². The first-order chi connectivity index (χ1) is 8.83. The second kappa shape index (κ2) is 5.20. The van der Waals surface area contributed by atoms with Gasteiger partial charge in [-0.3, -0.25) is 4.90 Å². The molecule has 0 bridgehead atoms. The molecule has 4 nitrogen and oxygen atoms in total. The number of hydrogen-bond donors (Lipinski definition) is 0. The van der Waals surface area contributed by atoms with Crippen molar-refractivity contribution in [2.75, 3.05) is 13.1 Å². The molecule has 0 N–H and O–H groups in total. The molecule has 1 fully saturated rings. The van der Waals surface area contributed by atoms with Gasteiger partial charge in [-0.05, 0) is 37.3 Å². The van der Waals surface area contributed by atoms with E-state index in [0.29, 0.717) is 11.9 Å². The molecular weight excluding hydrogens is 246 g/mol. The van der Waals surface area contributed by atoms with Crippen molar-refractivity contribution >= 4 is 11.3 Å². The molecule has 0 saturated carbocycles. The number of hydrogen-bond acceptors (Lipinski definition) is 5. The first kappa shape index (κ1) is 11.9. The first-order valence-corrected chi connectivity index (χ1v) is 7.27. The third-order valence-electron chi connectivity index (χ3n) is 3.43. The second-order valence-electron chi connectivity index (χ2n) is 4.69. The number of aromatic nitrogens is 2. The van der Waals surface area contributed by atoms with Gasteiger partial charge in [0.15, 0.2) is 5.82 Å². The van der Waals surface area contributed by atoms with Crippen LogP contribution in [0.4, 0.5) is 0 Å². The molecule has 1 saturated heterocycles. The maximum atomic E-state index is 5.09. The minimum atomic E-state index is 0.349. The maximum Gasteiger partial charge on any atom is 0.223 e. The Morgan fingerprint density at radius 1 is 1.56 bits per heavy atom. The van der Waals surface area contributed by atoms with E-state index in [4.69, 9.17) is 4.52 Å². The zero-order valence-corrected chi connectivity index (χ0v) is 11.3. The summed E-state index contributed by atoms with van der Waals surface area (Å²) >= 11 is 1.83. The summed E-state index contributed by atoms with van der Waals surface area (Å²) in [6.45, 7) is 4.07. The summed E-state index contributed by atoms with van der Waals surface area (Å²) in [5.41, 5.74) is 0. The van der Waals surface area contributed by atoms with Gasteiger partial charge in [-0.15, -0.1) is 11.3 Å². The predicted molar refractivity (Wildman–Crippen MR) is 70.6 cm³/mol. The van der Waals surface area contributed by atoms with Gasteiger partial charge in [0.25, 0.3) is 0 Å². The summed E-state index contributed by atoms with van der Waals surface area (Å²) in [6.07, 6.45) is 3.48. The van der Waals surface area contributed by atoms with E-state index in [-0.39, 0.29) is 0 Å². The number of nitrogens with zero attached hydrogens (tertiary/aromatic N) is 3. The van der Waals surface area contributed by atoms with Crippen molar-refractivity contribution < 1.29 is 4.52 Å². The van der Waals surface area contributed by atoms with Crippen molar-refractivity contribution in [1.29, 1.82) is 0 Å². The molecule has 1 aliphatic rings. The Kier molecular flexibility index (Phi) is 3.43. The zero-order valence-electron chi connectivity index (χ0n) is 10.5. The van der Waals surface area contributed by atoms with Gasteiger partial charge in [0.1, 0.15) is 0 Å². The van der Waals surface area contributed by atoms with Crippen molar-refractivity contribution in [3.05, 3.63) is 34.1 Å². The molecule has 96 valence electrons. The molecule has 0 unspecified atom stereocenters. The summed E-state index contributed by atoms with van der Waals surface area (Å²) in [6, 6.07) is 4.67. The quantitative estimate of drug-likeness (QED) is 0.850. The number of rotatable bonds is 4. The van der Waals surface area contributed by atoms with Gasteiger partial charge in [-0.1, -0.05) is 11.2 Å². The standard InChI is InChI=1S/C13H17N3OS/c1-10-14-13(15-17-10)12-5-2-7-16(12)8-6-11-4-3-9-18-11/h3-4,9,12H,2,5-8H2,1H3/t12-/m0/s1. The summed E-state index contributed by atoms with van der Waals surface area (Å²) in [5, 5.41) is 6.21. The van der Waals surface area contributed by atoms with Crippen molar-refractivity contribution in [2.24, 2.45) is 0 Å². The molecule has 18 heavy (non-hydrogen) atoms. The Balaban J connectivity index is 1.64. The van der Waals surface area contributed by atoms with Gasteiger partial charge in [-0.2, -0.15) is 4.98 Å². The average Bonchev–Trinajstić information content (AvgIpc) is 3.07. The van der Waals surface area contributed by atoms with Crippen LogP contribution in [0.3, 0.4) is 0 Å². The van der Waals surface area contributed by atoms with Gasteiger partial charge in [0.2, 0.25) is 5.89 Å². The van der Waals surface area contributed by atoms with Gasteiger partial charge in [0, 0.05) is 18.3 Å². The summed E-state index contributed by atoms with van der Waals surface area (Å²) in [5.74, 6) is 1.52. The van der Waals surface area contributed by atoms with Crippen LogP contribution in [0, 0.1) is 6.92 Å². The zero-order chi connectivity index (χ0) is 12.4. The fourth-order valence-corrected chi connectivity index (χ4v) is 3.24. The Bertz CT molecular complexity index is 494. The highest BCUT2D eigenvalue weighted by molar-refractivity contribution is 7.09. The van der Waals surface area contributed by atoms with Crippen molar-refractivity contribution in [2.45, 2.75) is 32.2 Å². The molecule has 0 spiro atoms. The monoisotopic (exact) mass is 263 g/mol. The highest BCUT2D eigenvalue weighted by Crippen LogP contribution is 2.30. The van der Waals surface area contributed by atoms with Gasteiger partial charge in [0.05, 0.1) is 6.04 Å². The molecular formula is C13H17N3OS. The van der Waals surface area contributed by atoms with E-state index in [1.807, 2.05) is 18.3 Å². The smallest absolute Gasteiger partial charge is 0.223 e. The molecule has 2 aromatic heterocycles. The Labute approximate surface area is 111 Å². The first-order valence-electron chi connectivity index (χ1n) is 6.39. The lowest BCUT2D eigenvalue weighted by molar-refractivity contribution is 0.246. The normalized spacial score (nSPS) is 20.6. The summed E-state index contributed by atoms with van der Waals surface area (Å²) in [7, 11) is 0. The molecule has 0 radical (unpaired) electrons. The van der Waals surface area contributed by atoms with E-state index in [1.54, 1.807) is 0 Å².